The Labute approximate surface area is 83.8 Å². The van der Waals surface area contributed by atoms with Crippen LogP contribution in [0.3, 0.4) is 0 Å². The van der Waals surface area contributed by atoms with Crippen molar-refractivity contribution in [2.24, 2.45) is 5.92 Å². The second kappa shape index (κ2) is 2.80. The lowest BCUT2D eigenvalue weighted by atomic mass is 9.85. The quantitative estimate of drug-likeness (QED) is 0.634. The molecule has 2 bridgehead atoms. The van der Waals surface area contributed by atoms with Gasteiger partial charge in [0.2, 0.25) is 0 Å². The van der Waals surface area contributed by atoms with E-state index in [9.17, 15) is 4.79 Å². The van der Waals surface area contributed by atoms with Crippen molar-refractivity contribution in [1.29, 1.82) is 0 Å². The summed E-state index contributed by atoms with van der Waals surface area (Å²) in [7, 11) is 1.68. The molecule has 0 amide bonds. The summed E-state index contributed by atoms with van der Waals surface area (Å²) >= 11 is 0. The van der Waals surface area contributed by atoms with E-state index in [1.54, 1.807) is 7.11 Å². The van der Waals surface area contributed by atoms with E-state index < -0.39 is 0 Å². The number of hydrogen-bond acceptors (Lipinski definition) is 3. The Morgan fingerprint density at radius 1 is 1.57 bits per heavy atom. The fourth-order valence-electron chi connectivity index (χ4n) is 3.50. The van der Waals surface area contributed by atoms with Crippen LogP contribution in [0.2, 0.25) is 0 Å². The molecule has 3 fully saturated rings. The predicted octanol–water partition coefficient (Wildman–Crippen LogP) is 1.30. The zero-order valence-electron chi connectivity index (χ0n) is 8.49. The van der Waals surface area contributed by atoms with Crippen LogP contribution in [0.4, 0.5) is 0 Å². The van der Waals surface area contributed by atoms with Gasteiger partial charge in [-0.2, -0.15) is 0 Å². The van der Waals surface area contributed by atoms with Gasteiger partial charge in [0, 0.05) is 13.5 Å². The third kappa shape index (κ3) is 0.971. The first-order valence-corrected chi connectivity index (χ1v) is 5.48. The van der Waals surface area contributed by atoms with Crippen molar-refractivity contribution in [1.82, 2.24) is 0 Å². The Hall–Kier alpha value is -0.410. The van der Waals surface area contributed by atoms with Gasteiger partial charge in [-0.25, -0.2) is 0 Å². The summed E-state index contributed by atoms with van der Waals surface area (Å²) in [6, 6.07) is 0. The van der Waals surface area contributed by atoms with Crippen LogP contribution in [0.25, 0.3) is 0 Å². The van der Waals surface area contributed by atoms with Gasteiger partial charge in [-0.15, -0.1) is 0 Å². The average Bonchev–Trinajstić information content (AvgIpc) is 2.69. The van der Waals surface area contributed by atoms with E-state index in [1.807, 2.05) is 0 Å². The maximum absolute atomic E-state index is 11.8. The second-order valence-corrected chi connectivity index (χ2v) is 4.85. The largest absolute Gasteiger partial charge is 0.378 e. The van der Waals surface area contributed by atoms with Gasteiger partial charge < -0.3 is 9.47 Å². The van der Waals surface area contributed by atoms with E-state index in [-0.39, 0.29) is 23.6 Å². The van der Waals surface area contributed by atoms with Gasteiger partial charge in [0.15, 0.2) is 5.78 Å². The smallest absolute Gasteiger partial charge is 0.167 e. The molecule has 0 N–H and O–H groups in total. The normalized spacial score (nSPS) is 50.9. The van der Waals surface area contributed by atoms with E-state index in [0.717, 1.165) is 12.8 Å². The van der Waals surface area contributed by atoms with Crippen molar-refractivity contribution in [2.45, 2.75) is 49.9 Å². The maximum Gasteiger partial charge on any atom is 0.167 e. The van der Waals surface area contributed by atoms with Crippen LogP contribution in [0.5, 0.6) is 0 Å². The Morgan fingerprint density at radius 3 is 3.21 bits per heavy atom. The first-order chi connectivity index (χ1) is 6.75. The summed E-state index contributed by atoms with van der Waals surface area (Å²) in [6.45, 7) is 0. The monoisotopic (exact) mass is 196 g/mol. The molecule has 2 aliphatic heterocycles. The molecule has 3 heteroatoms. The van der Waals surface area contributed by atoms with E-state index in [2.05, 4.69) is 0 Å². The molecule has 1 aliphatic carbocycles. The molecule has 4 atom stereocenters. The van der Waals surface area contributed by atoms with Gasteiger partial charge in [0.1, 0.15) is 6.10 Å². The number of methoxy groups -OCH3 is 1. The zero-order valence-corrected chi connectivity index (χ0v) is 8.49. The van der Waals surface area contributed by atoms with E-state index in [1.165, 1.54) is 12.8 Å². The molecule has 3 nitrogen and oxygen atoms in total. The molecule has 2 heterocycles. The first kappa shape index (κ1) is 8.86. The summed E-state index contributed by atoms with van der Waals surface area (Å²) in [5.74, 6) is 0.830. The van der Waals surface area contributed by atoms with Crippen molar-refractivity contribution in [3.63, 3.8) is 0 Å². The lowest BCUT2D eigenvalue weighted by Gasteiger charge is -2.38. The van der Waals surface area contributed by atoms with Crippen LogP contribution in [-0.4, -0.2) is 30.7 Å². The SMILES string of the molecule is COC1C[C@H]2CCC[C@]23CC(=O)[C@H]1O3. The third-order valence-corrected chi connectivity index (χ3v) is 4.21. The lowest BCUT2D eigenvalue weighted by molar-refractivity contribution is -0.165. The molecule has 0 radical (unpaired) electrons. The van der Waals surface area contributed by atoms with Gasteiger partial charge in [-0.3, -0.25) is 4.79 Å². The highest BCUT2D eigenvalue weighted by Crippen LogP contribution is 2.52. The lowest BCUT2D eigenvalue weighted by Crippen LogP contribution is -2.45. The Morgan fingerprint density at radius 2 is 2.43 bits per heavy atom. The van der Waals surface area contributed by atoms with Crippen molar-refractivity contribution in [3.05, 3.63) is 0 Å². The third-order valence-electron chi connectivity index (χ3n) is 4.21. The molecular weight excluding hydrogens is 180 g/mol. The van der Waals surface area contributed by atoms with Crippen LogP contribution in [0.15, 0.2) is 0 Å². The minimum atomic E-state index is -0.255. The minimum Gasteiger partial charge on any atom is -0.378 e. The van der Waals surface area contributed by atoms with Gasteiger partial charge in [0.05, 0.1) is 11.7 Å². The summed E-state index contributed by atoms with van der Waals surface area (Å²) < 4.78 is 11.3. The first-order valence-electron chi connectivity index (χ1n) is 5.48. The molecule has 3 aliphatic rings. The molecule has 3 rings (SSSR count). The molecule has 1 saturated carbocycles. The van der Waals surface area contributed by atoms with Crippen LogP contribution in [-0.2, 0) is 14.3 Å². The van der Waals surface area contributed by atoms with Crippen molar-refractivity contribution < 1.29 is 14.3 Å². The molecule has 14 heavy (non-hydrogen) atoms. The molecule has 2 saturated heterocycles. The molecule has 0 aromatic carbocycles. The van der Waals surface area contributed by atoms with Crippen molar-refractivity contribution in [3.8, 4) is 0 Å². The number of Topliss-reactive ketones (excluding diaryl/α,β-unsaturated/α-hetero) is 1. The van der Waals surface area contributed by atoms with Crippen LogP contribution in [0.1, 0.15) is 32.1 Å². The summed E-state index contributed by atoms with van der Waals surface area (Å²) in [4.78, 5) is 11.8. The molecular formula is C11H16O3. The van der Waals surface area contributed by atoms with E-state index >= 15 is 0 Å². The highest BCUT2D eigenvalue weighted by atomic mass is 16.6. The van der Waals surface area contributed by atoms with Crippen LogP contribution >= 0.6 is 0 Å². The van der Waals surface area contributed by atoms with Gasteiger partial charge in [-0.05, 0) is 25.2 Å². The summed E-state index contributed by atoms with van der Waals surface area (Å²) in [6.07, 6.45) is 4.92. The number of carbonyl (C=O) groups is 1. The standard InChI is InChI=1S/C11H16O3/c1-13-9-5-7-3-2-4-11(7)6-8(12)10(9)14-11/h7,9-10H,2-6H2,1H3/t7-,9?,10-,11+/m1/s1. The number of fused-ring (bicyclic) bond motifs is 1. The van der Waals surface area contributed by atoms with Gasteiger partial charge in [-0.1, -0.05) is 6.42 Å². The second-order valence-electron chi connectivity index (χ2n) is 4.85. The number of hydrogen-bond donors (Lipinski definition) is 0. The van der Waals surface area contributed by atoms with Gasteiger partial charge >= 0.3 is 0 Å². The molecule has 1 unspecified atom stereocenters. The van der Waals surface area contributed by atoms with E-state index in [4.69, 9.17) is 9.47 Å². The van der Waals surface area contributed by atoms with Crippen molar-refractivity contribution in [2.75, 3.05) is 7.11 Å². The summed E-state index contributed by atoms with van der Waals surface area (Å²) in [5.41, 5.74) is -0.0726. The van der Waals surface area contributed by atoms with Crippen LogP contribution in [0, 0.1) is 5.92 Å². The number of ketones is 1. The molecule has 0 aromatic rings. The maximum atomic E-state index is 11.8. The molecule has 1 spiro atoms. The molecule has 78 valence electrons. The van der Waals surface area contributed by atoms with Gasteiger partial charge in [0.25, 0.3) is 0 Å². The zero-order chi connectivity index (χ0) is 9.76. The highest BCUT2D eigenvalue weighted by Gasteiger charge is 2.59. The fraction of sp³-hybridized carbons (Fsp3) is 0.909. The Kier molecular flexibility index (Phi) is 1.77. The number of rotatable bonds is 1. The number of carbonyl (C=O) groups excluding carboxylic acids is 1. The van der Waals surface area contributed by atoms with Crippen molar-refractivity contribution >= 4 is 5.78 Å². The minimum absolute atomic E-state index is 0.0150. The molecule has 0 aromatic heterocycles. The average molecular weight is 196 g/mol. The summed E-state index contributed by atoms with van der Waals surface area (Å²) in [5, 5.41) is 0. The fourth-order valence-corrected chi connectivity index (χ4v) is 3.50. The predicted molar refractivity (Wildman–Crippen MR) is 50.0 cm³/mol. The Bertz CT molecular complexity index is 276. The number of ether oxygens (including phenoxy) is 2. The van der Waals surface area contributed by atoms with E-state index in [0.29, 0.717) is 12.3 Å². The topological polar surface area (TPSA) is 35.5 Å². The Balaban J connectivity index is 1.94. The highest BCUT2D eigenvalue weighted by molar-refractivity contribution is 5.87. The van der Waals surface area contributed by atoms with Crippen LogP contribution < -0.4 is 0 Å².